The second kappa shape index (κ2) is 4.26. The molecule has 1 aliphatic rings. The molecule has 1 unspecified atom stereocenters. The first-order chi connectivity index (χ1) is 5.79. The predicted molar refractivity (Wildman–Crippen MR) is 52.3 cm³/mol. The lowest BCUT2D eigenvalue weighted by molar-refractivity contribution is 0.707. The summed E-state index contributed by atoms with van der Waals surface area (Å²) in [6.45, 7) is 3.09. The van der Waals surface area contributed by atoms with E-state index in [1.54, 1.807) is 13.2 Å². The molecule has 0 aliphatic carbocycles. The van der Waals surface area contributed by atoms with E-state index in [4.69, 9.17) is 5.73 Å². The standard InChI is InChI=1S/C9H17N3/c1-7(11-2)8(6-10)9-4-3-5-12-9/h6,9,12H,3-5,10H2,1-2H3. The van der Waals surface area contributed by atoms with Crippen LogP contribution in [0.3, 0.4) is 0 Å². The molecule has 0 bridgehead atoms. The summed E-state index contributed by atoms with van der Waals surface area (Å²) >= 11 is 0. The van der Waals surface area contributed by atoms with Crippen LogP contribution in [0.15, 0.2) is 16.8 Å². The third-order valence-electron chi connectivity index (χ3n) is 2.37. The van der Waals surface area contributed by atoms with Crippen LogP contribution in [0.4, 0.5) is 0 Å². The molecule has 0 radical (unpaired) electrons. The Morgan fingerprint density at radius 2 is 2.42 bits per heavy atom. The van der Waals surface area contributed by atoms with Gasteiger partial charge in [-0.3, -0.25) is 4.99 Å². The average molecular weight is 167 g/mol. The van der Waals surface area contributed by atoms with Crippen molar-refractivity contribution in [2.75, 3.05) is 13.6 Å². The SMILES string of the molecule is CN=C(C)C(=CN)C1CCCN1. The van der Waals surface area contributed by atoms with Crippen molar-refractivity contribution >= 4 is 5.71 Å². The van der Waals surface area contributed by atoms with Gasteiger partial charge in [-0.25, -0.2) is 0 Å². The van der Waals surface area contributed by atoms with E-state index in [-0.39, 0.29) is 0 Å². The van der Waals surface area contributed by atoms with Gasteiger partial charge in [0.1, 0.15) is 0 Å². The van der Waals surface area contributed by atoms with E-state index in [2.05, 4.69) is 10.3 Å². The van der Waals surface area contributed by atoms with Gasteiger partial charge in [-0.2, -0.15) is 0 Å². The van der Waals surface area contributed by atoms with Gasteiger partial charge in [-0.15, -0.1) is 0 Å². The number of hydrogen-bond acceptors (Lipinski definition) is 3. The lowest BCUT2D eigenvalue weighted by Gasteiger charge is -2.13. The van der Waals surface area contributed by atoms with Crippen molar-refractivity contribution < 1.29 is 0 Å². The zero-order valence-electron chi connectivity index (χ0n) is 7.80. The van der Waals surface area contributed by atoms with Gasteiger partial charge in [0, 0.05) is 30.6 Å². The highest BCUT2D eigenvalue weighted by Crippen LogP contribution is 2.14. The minimum Gasteiger partial charge on any atom is -0.404 e. The first kappa shape index (κ1) is 9.26. The monoisotopic (exact) mass is 167 g/mol. The molecule has 0 amide bonds. The molecule has 0 aromatic heterocycles. The largest absolute Gasteiger partial charge is 0.404 e. The summed E-state index contributed by atoms with van der Waals surface area (Å²) in [6, 6.07) is 0.429. The summed E-state index contributed by atoms with van der Waals surface area (Å²) in [5.41, 5.74) is 7.73. The Bertz CT molecular complexity index is 200. The van der Waals surface area contributed by atoms with Gasteiger partial charge < -0.3 is 11.1 Å². The molecule has 1 heterocycles. The minimum absolute atomic E-state index is 0.429. The fourth-order valence-electron chi connectivity index (χ4n) is 1.57. The van der Waals surface area contributed by atoms with E-state index < -0.39 is 0 Å². The Balaban J connectivity index is 2.68. The van der Waals surface area contributed by atoms with Gasteiger partial charge >= 0.3 is 0 Å². The maximum atomic E-state index is 5.55. The number of aliphatic imine (C=N–C) groups is 1. The van der Waals surface area contributed by atoms with Crippen LogP contribution in [-0.4, -0.2) is 25.3 Å². The van der Waals surface area contributed by atoms with Crippen molar-refractivity contribution in [3.05, 3.63) is 11.8 Å². The molecule has 1 fully saturated rings. The zero-order valence-corrected chi connectivity index (χ0v) is 7.80. The molecule has 0 aromatic rings. The molecule has 1 saturated heterocycles. The lowest BCUT2D eigenvalue weighted by Crippen LogP contribution is -2.27. The normalized spacial score (nSPS) is 26.3. The molecule has 1 atom stereocenters. The maximum absolute atomic E-state index is 5.55. The molecular weight excluding hydrogens is 150 g/mol. The number of nitrogens with zero attached hydrogens (tertiary/aromatic N) is 1. The fourth-order valence-corrected chi connectivity index (χ4v) is 1.57. The molecule has 12 heavy (non-hydrogen) atoms. The Kier molecular flexibility index (Phi) is 3.29. The number of hydrogen-bond donors (Lipinski definition) is 2. The molecule has 1 rings (SSSR count). The van der Waals surface area contributed by atoms with E-state index in [9.17, 15) is 0 Å². The van der Waals surface area contributed by atoms with Crippen LogP contribution >= 0.6 is 0 Å². The van der Waals surface area contributed by atoms with Crippen molar-refractivity contribution in [2.45, 2.75) is 25.8 Å². The molecule has 1 aliphatic heterocycles. The molecule has 0 spiro atoms. The highest BCUT2D eigenvalue weighted by Gasteiger charge is 2.19. The second-order valence-electron chi connectivity index (χ2n) is 3.08. The topological polar surface area (TPSA) is 50.4 Å². The highest BCUT2D eigenvalue weighted by atomic mass is 14.9. The van der Waals surface area contributed by atoms with Gasteiger partial charge in [0.05, 0.1) is 0 Å². The van der Waals surface area contributed by atoms with Crippen molar-refractivity contribution in [3.63, 3.8) is 0 Å². The van der Waals surface area contributed by atoms with Gasteiger partial charge in [-0.1, -0.05) is 0 Å². The molecule has 0 saturated carbocycles. The van der Waals surface area contributed by atoms with Crippen molar-refractivity contribution in [2.24, 2.45) is 10.7 Å². The van der Waals surface area contributed by atoms with E-state index in [1.807, 2.05) is 6.92 Å². The zero-order chi connectivity index (χ0) is 8.97. The summed E-state index contributed by atoms with van der Waals surface area (Å²) in [4.78, 5) is 4.13. The van der Waals surface area contributed by atoms with Gasteiger partial charge in [-0.05, 0) is 26.3 Å². The molecule has 68 valence electrons. The van der Waals surface area contributed by atoms with Crippen LogP contribution < -0.4 is 11.1 Å². The predicted octanol–water partition coefficient (Wildman–Crippen LogP) is 0.672. The first-order valence-electron chi connectivity index (χ1n) is 4.38. The quantitative estimate of drug-likeness (QED) is 0.594. The van der Waals surface area contributed by atoms with Crippen LogP contribution in [-0.2, 0) is 0 Å². The minimum atomic E-state index is 0.429. The Morgan fingerprint density at radius 1 is 1.67 bits per heavy atom. The molecule has 3 N–H and O–H groups in total. The first-order valence-corrected chi connectivity index (χ1v) is 4.38. The van der Waals surface area contributed by atoms with Crippen LogP contribution in [0.2, 0.25) is 0 Å². The highest BCUT2D eigenvalue weighted by molar-refractivity contribution is 5.99. The molecule has 3 nitrogen and oxygen atoms in total. The van der Waals surface area contributed by atoms with E-state index in [1.165, 1.54) is 12.8 Å². The lowest BCUT2D eigenvalue weighted by atomic mass is 10.0. The smallest absolute Gasteiger partial charge is 0.0376 e. The van der Waals surface area contributed by atoms with Crippen LogP contribution in [0.1, 0.15) is 19.8 Å². The van der Waals surface area contributed by atoms with Gasteiger partial charge in [0.15, 0.2) is 0 Å². The van der Waals surface area contributed by atoms with Crippen LogP contribution in [0.25, 0.3) is 0 Å². The Morgan fingerprint density at radius 3 is 2.83 bits per heavy atom. The summed E-state index contributed by atoms with van der Waals surface area (Å²) in [5.74, 6) is 0. The van der Waals surface area contributed by atoms with Crippen molar-refractivity contribution in [3.8, 4) is 0 Å². The van der Waals surface area contributed by atoms with Crippen molar-refractivity contribution in [1.82, 2.24) is 5.32 Å². The van der Waals surface area contributed by atoms with E-state index in [0.717, 1.165) is 17.8 Å². The maximum Gasteiger partial charge on any atom is 0.0376 e. The van der Waals surface area contributed by atoms with E-state index in [0.29, 0.717) is 6.04 Å². The summed E-state index contributed by atoms with van der Waals surface area (Å²) in [6.07, 6.45) is 4.08. The molecule has 3 heteroatoms. The summed E-state index contributed by atoms with van der Waals surface area (Å²) < 4.78 is 0. The van der Waals surface area contributed by atoms with Crippen LogP contribution in [0.5, 0.6) is 0 Å². The van der Waals surface area contributed by atoms with Gasteiger partial charge in [0.25, 0.3) is 0 Å². The number of nitrogens with two attached hydrogens (primary N) is 1. The third kappa shape index (κ3) is 1.85. The second-order valence-corrected chi connectivity index (χ2v) is 3.08. The number of nitrogens with one attached hydrogen (secondary N) is 1. The van der Waals surface area contributed by atoms with E-state index >= 15 is 0 Å². The molecule has 0 aromatic carbocycles. The average Bonchev–Trinajstić information content (AvgIpc) is 2.58. The van der Waals surface area contributed by atoms with Crippen molar-refractivity contribution in [1.29, 1.82) is 0 Å². The number of rotatable bonds is 2. The Labute approximate surface area is 73.7 Å². The van der Waals surface area contributed by atoms with Gasteiger partial charge in [0.2, 0.25) is 0 Å². The molecular formula is C9H17N3. The summed E-state index contributed by atoms with van der Waals surface area (Å²) in [7, 11) is 1.80. The third-order valence-corrected chi connectivity index (χ3v) is 2.37. The van der Waals surface area contributed by atoms with Crippen LogP contribution in [0, 0.1) is 0 Å². The summed E-state index contributed by atoms with van der Waals surface area (Å²) in [5, 5.41) is 3.39. The Hall–Kier alpha value is -0.830. The fraction of sp³-hybridized carbons (Fsp3) is 0.667.